The molecule has 0 heterocycles. The zero-order valence-electron chi connectivity index (χ0n) is 7.09. The maximum absolute atomic E-state index is 8.85. The number of hydrogen-bond acceptors (Lipinski definition) is 3. The second kappa shape index (κ2) is 5.65. The minimum atomic E-state index is -0.402. The molecule has 62 valence electrons. The Labute approximate surface area is 63.0 Å². The molecule has 0 aliphatic carbocycles. The number of aliphatic hydroxyl groups is 1. The highest BCUT2D eigenvalue weighted by molar-refractivity contribution is 4.50. The first kappa shape index (κ1) is 9.88. The largest absolute Gasteiger partial charge is 0.379 e. The molecule has 0 spiro atoms. The van der Waals surface area contributed by atoms with Crippen molar-refractivity contribution in [3.8, 4) is 0 Å². The molecular formula is C7H18N2O. The van der Waals surface area contributed by atoms with Crippen LogP contribution in [0.25, 0.3) is 0 Å². The Morgan fingerprint density at radius 1 is 1.40 bits per heavy atom. The Hall–Kier alpha value is -0.120. The highest BCUT2D eigenvalue weighted by atomic mass is 16.3. The third-order valence-corrected chi connectivity index (χ3v) is 1.50. The Bertz CT molecular complexity index is 72.0. The minimum Gasteiger partial charge on any atom is -0.379 e. The van der Waals surface area contributed by atoms with Gasteiger partial charge in [-0.25, -0.2) is 0 Å². The Balaban J connectivity index is 3.26. The molecule has 0 aliphatic heterocycles. The van der Waals surface area contributed by atoms with Crippen LogP contribution < -0.4 is 5.32 Å². The lowest BCUT2D eigenvalue weighted by atomic mass is 10.5. The van der Waals surface area contributed by atoms with E-state index in [-0.39, 0.29) is 0 Å². The van der Waals surface area contributed by atoms with E-state index in [4.69, 9.17) is 5.11 Å². The summed E-state index contributed by atoms with van der Waals surface area (Å²) in [5.41, 5.74) is 0. The van der Waals surface area contributed by atoms with Crippen LogP contribution in [-0.2, 0) is 0 Å². The van der Waals surface area contributed by atoms with Gasteiger partial charge in [0.05, 0.1) is 6.67 Å². The van der Waals surface area contributed by atoms with Gasteiger partial charge in [-0.3, -0.25) is 10.2 Å². The summed E-state index contributed by atoms with van der Waals surface area (Å²) in [4.78, 5) is 2.20. The molecule has 0 rings (SSSR count). The first-order valence-electron chi connectivity index (χ1n) is 3.84. The van der Waals surface area contributed by atoms with Crippen LogP contribution in [0.3, 0.4) is 0 Å². The van der Waals surface area contributed by atoms with Crippen molar-refractivity contribution in [3.05, 3.63) is 0 Å². The van der Waals surface area contributed by atoms with Crippen molar-refractivity contribution >= 4 is 0 Å². The van der Waals surface area contributed by atoms with Gasteiger partial charge in [0.1, 0.15) is 6.23 Å². The average Bonchev–Trinajstić information content (AvgIpc) is 1.90. The summed E-state index contributed by atoms with van der Waals surface area (Å²) in [5, 5.41) is 11.8. The molecule has 0 saturated heterocycles. The number of aliphatic hydroxyl groups excluding tert-OH is 1. The predicted molar refractivity (Wildman–Crippen MR) is 42.6 cm³/mol. The standard InChI is InChI=1S/C7H18N2O/c1-4-9(5-2)6-8-7(3)10/h7-8,10H,4-6H2,1-3H3. The lowest BCUT2D eigenvalue weighted by Gasteiger charge is -2.19. The maximum atomic E-state index is 8.85. The van der Waals surface area contributed by atoms with Gasteiger partial charge in [0.2, 0.25) is 0 Å². The number of nitrogens with one attached hydrogen (secondary N) is 1. The Morgan fingerprint density at radius 2 is 1.90 bits per heavy atom. The van der Waals surface area contributed by atoms with E-state index in [1.54, 1.807) is 6.92 Å². The van der Waals surface area contributed by atoms with Gasteiger partial charge in [0, 0.05) is 0 Å². The summed E-state index contributed by atoms with van der Waals surface area (Å²) in [6.45, 7) is 8.75. The maximum Gasteiger partial charge on any atom is 0.103 e. The molecule has 0 amide bonds. The summed E-state index contributed by atoms with van der Waals surface area (Å²) in [6.07, 6.45) is -0.402. The molecular weight excluding hydrogens is 128 g/mol. The number of hydrogen-bond donors (Lipinski definition) is 2. The zero-order valence-corrected chi connectivity index (χ0v) is 7.09. The van der Waals surface area contributed by atoms with Gasteiger partial charge in [-0.1, -0.05) is 13.8 Å². The molecule has 1 unspecified atom stereocenters. The molecule has 0 bridgehead atoms. The molecule has 0 saturated carbocycles. The molecule has 0 aliphatic rings. The van der Waals surface area contributed by atoms with Crippen molar-refractivity contribution in [2.24, 2.45) is 0 Å². The van der Waals surface area contributed by atoms with Crippen molar-refractivity contribution in [1.29, 1.82) is 0 Å². The SMILES string of the molecule is CCN(CC)CNC(C)O. The van der Waals surface area contributed by atoms with Gasteiger partial charge < -0.3 is 5.11 Å². The minimum absolute atomic E-state index is 0.402. The summed E-state index contributed by atoms with van der Waals surface area (Å²) < 4.78 is 0. The summed E-state index contributed by atoms with van der Waals surface area (Å²) in [6, 6.07) is 0. The second-order valence-electron chi connectivity index (χ2n) is 2.34. The molecule has 0 fully saturated rings. The van der Waals surface area contributed by atoms with Gasteiger partial charge in [-0.05, 0) is 20.0 Å². The fourth-order valence-electron chi connectivity index (χ4n) is 0.708. The van der Waals surface area contributed by atoms with Crippen molar-refractivity contribution in [2.75, 3.05) is 19.8 Å². The number of rotatable bonds is 5. The third-order valence-electron chi connectivity index (χ3n) is 1.50. The first-order chi connectivity index (χ1) is 4.70. The molecule has 0 aromatic rings. The van der Waals surface area contributed by atoms with E-state index in [1.165, 1.54) is 0 Å². The van der Waals surface area contributed by atoms with E-state index in [0.29, 0.717) is 0 Å². The van der Waals surface area contributed by atoms with E-state index in [1.807, 2.05) is 0 Å². The average molecular weight is 146 g/mol. The molecule has 1 atom stereocenters. The van der Waals surface area contributed by atoms with Crippen LogP contribution >= 0.6 is 0 Å². The van der Waals surface area contributed by atoms with Crippen LogP contribution in [0.2, 0.25) is 0 Å². The molecule has 0 aromatic carbocycles. The topological polar surface area (TPSA) is 35.5 Å². The van der Waals surface area contributed by atoms with Crippen molar-refractivity contribution in [2.45, 2.75) is 27.0 Å². The third kappa shape index (κ3) is 4.73. The van der Waals surface area contributed by atoms with Gasteiger partial charge in [0.15, 0.2) is 0 Å². The van der Waals surface area contributed by atoms with Gasteiger partial charge >= 0.3 is 0 Å². The molecule has 3 nitrogen and oxygen atoms in total. The smallest absolute Gasteiger partial charge is 0.103 e. The van der Waals surface area contributed by atoms with Gasteiger partial charge in [0.25, 0.3) is 0 Å². The van der Waals surface area contributed by atoms with Crippen molar-refractivity contribution < 1.29 is 5.11 Å². The molecule has 2 N–H and O–H groups in total. The molecule has 0 aromatic heterocycles. The molecule has 0 radical (unpaired) electrons. The van der Waals surface area contributed by atoms with E-state index < -0.39 is 6.23 Å². The van der Waals surface area contributed by atoms with Crippen molar-refractivity contribution in [1.82, 2.24) is 10.2 Å². The van der Waals surface area contributed by atoms with Crippen molar-refractivity contribution in [3.63, 3.8) is 0 Å². The van der Waals surface area contributed by atoms with Crippen LogP contribution in [0.15, 0.2) is 0 Å². The highest BCUT2D eigenvalue weighted by Crippen LogP contribution is 1.83. The van der Waals surface area contributed by atoms with E-state index >= 15 is 0 Å². The van der Waals surface area contributed by atoms with E-state index in [2.05, 4.69) is 24.1 Å². The van der Waals surface area contributed by atoms with E-state index in [9.17, 15) is 0 Å². The predicted octanol–water partition coefficient (Wildman–Crippen LogP) is 0.214. The number of nitrogens with zero attached hydrogens (tertiary/aromatic N) is 1. The monoisotopic (exact) mass is 146 g/mol. The fraction of sp³-hybridized carbons (Fsp3) is 1.00. The summed E-state index contributed by atoms with van der Waals surface area (Å²) >= 11 is 0. The second-order valence-corrected chi connectivity index (χ2v) is 2.34. The quantitative estimate of drug-likeness (QED) is 0.544. The fourth-order valence-corrected chi connectivity index (χ4v) is 0.708. The normalized spacial score (nSPS) is 14.1. The van der Waals surface area contributed by atoms with E-state index in [0.717, 1.165) is 19.8 Å². The Morgan fingerprint density at radius 3 is 2.20 bits per heavy atom. The lowest BCUT2D eigenvalue weighted by Crippen LogP contribution is -2.38. The van der Waals surface area contributed by atoms with Crippen LogP contribution in [0.4, 0.5) is 0 Å². The Kier molecular flexibility index (Phi) is 5.58. The first-order valence-corrected chi connectivity index (χ1v) is 3.84. The zero-order chi connectivity index (χ0) is 7.98. The lowest BCUT2D eigenvalue weighted by molar-refractivity contribution is 0.126. The van der Waals surface area contributed by atoms with Crippen LogP contribution in [0.1, 0.15) is 20.8 Å². The van der Waals surface area contributed by atoms with Gasteiger partial charge in [-0.2, -0.15) is 0 Å². The summed E-state index contributed by atoms with van der Waals surface area (Å²) in [5.74, 6) is 0. The molecule has 3 heteroatoms. The molecule has 10 heavy (non-hydrogen) atoms. The highest BCUT2D eigenvalue weighted by Gasteiger charge is 1.98. The summed E-state index contributed by atoms with van der Waals surface area (Å²) in [7, 11) is 0. The van der Waals surface area contributed by atoms with Gasteiger partial charge in [-0.15, -0.1) is 0 Å². The van der Waals surface area contributed by atoms with Crippen LogP contribution in [0.5, 0.6) is 0 Å². The van der Waals surface area contributed by atoms with Crippen LogP contribution in [0, 0.1) is 0 Å². The van der Waals surface area contributed by atoms with Crippen LogP contribution in [-0.4, -0.2) is 36.0 Å².